The van der Waals surface area contributed by atoms with E-state index in [1.54, 1.807) is 0 Å². The average Bonchev–Trinajstić information content (AvgIpc) is 4.49. The first-order chi connectivity index (χ1) is 40.6. The number of fused-ring (bicyclic) bond motifs is 12. The molecule has 17 aromatic rings. The van der Waals surface area contributed by atoms with Gasteiger partial charge in [-0.05, 0) is 158 Å². The molecule has 4 heterocycles. The van der Waals surface area contributed by atoms with Gasteiger partial charge in [0.2, 0.25) is 0 Å². The van der Waals surface area contributed by atoms with Crippen molar-refractivity contribution in [1.29, 1.82) is 0 Å². The fraction of sp³-hybridized carbons (Fsp3) is 0. The Hall–Kier alpha value is -10.1. The highest BCUT2D eigenvalue weighted by molar-refractivity contribution is 7.26. The zero-order valence-corrected chi connectivity index (χ0v) is 46.1. The molecule has 2 nitrogen and oxygen atoms in total. The molecular weight excluding hydrogens is 1030 g/mol. The maximum absolute atomic E-state index is 2.45. The van der Waals surface area contributed by atoms with E-state index in [4.69, 9.17) is 0 Å². The summed E-state index contributed by atoms with van der Waals surface area (Å²) in [6.07, 6.45) is 0. The van der Waals surface area contributed by atoms with Gasteiger partial charge in [-0.1, -0.05) is 200 Å². The van der Waals surface area contributed by atoms with Crippen LogP contribution in [-0.2, 0) is 0 Å². The average molecular weight is 1080 g/mol. The lowest BCUT2D eigenvalue weighted by Gasteiger charge is -2.13. The molecule has 0 saturated heterocycles. The molecule has 0 aliphatic heterocycles. The first-order valence-electron chi connectivity index (χ1n) is 28.0. The number of thiophene rings is 2. The molecule has 4 heteroatoms. The molecule has 0 radical (unpaired) electrons. The zero-order chi connectivity index (χ0) is 53.8. The molecule has 0 spiro atoms. The third-order valence-electron chi connectivity index (χ3n) is 16.9. The lowest BCUT2D eigenvalue weighted by molar-refractivity contribution is 1.13. The van der Waals surface area contributed by atoms with E-state index >= 15 is 0 Å². The van der Waals surface area contributed by atoms with Crippen LogP contribution in [0, 0.1) is 0 Å². The largest absolute Gasteiger partial charge is 0.309 e. The normalized spacial score (nSPS) is 11.9. The maximum atomic E-state index is 2.45. The van der Waals surface area contributed by atoms with Crippen molar-refractivity contribution in [3.63, 3.8) is 0 Å². The predicted octanol–water partition coefficient (Wildman–Crippen LogP) is 22.6. The highest BCUT2D eigenvalue weighted by Gasteiger charge is 2.20. The quantitative estimate of drug-likeness (QED) is 0.144. The van der Waals surface area contributed by atoms with Crippen molar-refractivity contribution in [2.75, 3.05) is 0 Å². The van der Waals surface area contributed by atoms with E-state index in [1.807, 2.05) is 22.7 Å². The Morgan fingerprint density at radius 3 is 1.01 bits per heavy atom. The summed E-state index contributed by atoms with van der Waals surface area (Å²) in [7, 11) is 0. The van der Waals surface area contributed by atoms with Crippen LogP contribution in [0.25, 0.3) is 162 Å². The molecular formula is C78H48N2S2. The smallest absolute Gasteiger partial charge is 0.0541 e. The lowest BCUT2D eigenvalue weighted by Crippen LogP contribution is -1.98. The van der Waals surface area contributed by atoms with Crippen molar-refractivity contribution < 1.29 is 0 Å². The third-order valence-corrected chi connectivity index (χ3v) is 19.4. The summed E-state index contributed by atoms with van der Waals surface area (Å²) in [4.78, 5) is 0. The van der Waals surface area contributed by atoms with Crippen molar-refractivity contribution in [3.05, 3.63) is 291 Å². The van der Waals surface area contributed by atoms with Crippen LogP contribution in [0.1, 0.15) is 0 Å². The van der Waals surface area contributed by atoms with Crippen molar-refractivity contribution in [1.82, 2.24) is 9.13 Å². The second kappa shape index (κ2) is 18.8. The topological polar surface area (TPSA) is 9.86 Å². The molecule has 0 aliphatic carbocycles. The summed E-state index contributed by atoms with van der Waals surface area (Å²) in [5.74, 6) is 0. The molecule has 82 heavy (non-hydrogen) atoms. The van der Waals surface area contributed by atoms with E-state index in [-0.39, 0.29) is 0 Å². The Morgan fingerprint density at radius 2 is 0.537 bits per heavy atom. The van der Waals surface area contributed by atoms with Gasteiger partial charge in [0, 0.05) is 73.3 Å². The Kier molecular flexibility index (Phi) is 10.7. The Labute approximate surface area is 481 Å². The van der Waals surface area contributed by atoms with Crippen molar-refractivity contribution in [3.8, 4) is 78.1 Å². The summed E-state index contributed by atoms with van der Waals surface area (Å²) in [6.45, 7) is 0. The van der Waals surface area contributed by atoms with Gasteiger partial charge < -0.3 is 9.13 Å². The number of nitrogens with zero attached hydrogens (tertiary/aromatic N) is 2. The van der Waals surface area contributed by atoms with E-state index in [1.165, 1.54) is 151 Å². The van der Waals surface area contributed by atoms with Crippen LogP contribution in [0.15, 0.2) is 291 Å². The first-order valence-corrected chi connectivity index (χ1v) is 29.7. The molecule has 0 atom stereocenters. The fourth-order valence-electron chi connectivity index (χ4n) is 13.0. The SMILES string of the molecule is c1ccc(-c2cccc(-c3ccc4sc5c(-c6ccc7c(c6)c6ccccc6n7-c6cccc(-n7c8ccccc8c8cc(-c9cccc%10c9sc9ccc(-c%11cccc(-c%12ccccc%12)c%11)cc9%10)ccc87)c6)cccc5c4c3)c2)cc1. The Bertz CT molecular complexity index is 5070. The minimum Gasteiger partial charge on any atom is -0.309 e. The molecule has 0 bridgehead atoms. The van der Waals surface area contributed by atoms with Gasteiger partial charge in [-0.15, -0.1) is 22.7 Å². The minimum absolute atomic E-state index is 1.12. The van der Waals surface area contributed by atoms with Crippen LogP contribution in [0.4, 0.5) is 0 Å². The van der Waals surface area contributed by atoms with Crippen LogP contribution < -0.4 is 0 Å². The van der Waals surface area contributed by atoms with Gasteiger partial charge in [0.25, 0.3) is 0 Å². The molecule has 13 aromatic carbocycles. The van der Waals surface area contributed by atoms with Crippen molar-refractivity contribution >= 4 is 107 Å². The van der Waals surface area contributed by atoms with Crippen molar-refractivity contribution in [2.24, 2.45) is 0 Å². The number of benzene rings is 13. The van der Waals surface area contributed by atoms with Gasteiger partial charge in [0.15, 0.2) is 0 Å². The zero-order valence-electron chi connectivity index (χ0n) is 44.4. The second-order valence-electron chi connectivity index (χ2n) is 21.6. The van der Waals surface area contributed by atoms with Gasteiger partial charge in [0.05, 0.1) is 22.1 Å². The second-order valence-corrected chi connectivity index (χ2v) is 23.7. The number of para-hydroxylation sites is 2. The first kappa shape index (κ1) is 46.8. The molecule has 17 rings (SSSR count). The van der Waals surface area contributed by atoms with Gasteiger partial charge in [0.1, 0.15) is 0 Å². The molecule has 0 unspecified atom stereocenters. The highest BCUT2D eigenvalue weighted by atomic mass is 32.1. The molecule has 4 aromatic heterocycles. The van der Waals surface area contributed by atoms with Gasteiger partial charge in [-0.3, -0.25) is 0 Å². The lowest BCUT2D eigenvalue weighted by atomic mass is 9.97. The van der Waals surface area contributed by atoms with Gasteiger partial charge >= 0.3 is 0 Å². The third kappa shape index (κ3) is 7.53. The van der Waals surface area contributed by atoms with E-state index < -0.39 is 0 Å². The molecule has 0 N–H and O–H groups in total. The van der Waals surface area contributed by atoms with Crippen LogP contribution in [0.5, 0.6) is 0 Å². The number of rotatable bonds is 8. The maximum Gasteiger partial charge on any atom is 0.0541 e. The van der Waals surface area contributed by atoms with Gasteiger partial charge in [-0.2, -0.15) is 0 Å². The van der Waals surface area contributed by atoms with Crippen LogP contribution >= 0.6 is 22.7 Å². The fourth-order valence-corrected chi connectivity index (χ4v) is 15.5. The highest BCUT2D eigenvalue weighted by Crippen LogP contribution is 2.46. The van der Waals surface area contributed by atoms with E-state index in [9.17, 15) is 0 Å². The standard InChI is InChI=1S/C78H48N2S2/c1-3-16-49(17-4-1)51-20-11-22-53(42-51)55-36-40-75-69(44-55)65-30-14-28-61(77(65)81-75)57-34-38-73-67(46-57)63-26-7-9-32-71(63)79(73)59-24-13-25-60(48-59)80-72-33-10-8-27-64(72)68-47-58(35-39-74(68)80)62-29-15-31-66-70-45-56(37-41-76(70)82-78(62)66)54-23-12-21-52(43-54)50-18-5-2-6-19-50/h1-48H. The Morgan fingerprint density at radius 1 is 0.195 bits per heavy atom. The van der Waals surface area contributed by atoms with E-state index in [0.29, 0.717) is 0 Å². The summed E-state index contributed by atoms with van der Waals surface area (Å²) in [5, 5.41) is 10.1. The van der Waals surface area contributed by atoms with Crippen LogP contribution in [-0.4, -0.2) is 9.13 Å². The monoisotopic (exact) mass is 1080 g/mol. The molecule has 382 valence electrons. The number of hydrogen-bond acceptors (Lipinski definition) is 2. The van der Waals surface area contributed by atoms with Crippen molar-refractivity contribution in [2.45, 2.75) is 0 Å². The van der Waals surface area contributed by atoms with E-state index in [0.717, 1.165) is 11.4 Å². The summed E-state index contributed by atoms with van der Waals surface area (Å²) in [5.41, 5.74) is 21.8. The molecule has 0 amide bonds. The summed E-state index contributed by atoms with van der Waals surface area (Å²) in [6, 6.07) is 108. The molecule has 0 aliphatic rings. The summed E-state index contributed by atoms with van der Waals surface area (Å²) >= 11 is 3.78. The minimum atomic E-state index is 1.12. The van der Waals surface area contributed by atoms with E-state index in [2.05, 4.69) is 300 Å². The van der Waals surface area contributed by atoms with Crippen LogP contribution in [0.3, 0.4) is 0 Å². The van der Waals surface area contributed by atoms with Gasteiger partial charge in [-0.25, -0.2) is 0 Å². The van der Waals surface area contributed by atoms with Crippen LogP contribution in [0.2, 0.25) is 0 Å². The summed E-state index contributed by atoms with van der Waals surface area (Å²) < 4.78 is 10.1. The Balaban J connectivity index is 0.735. The molecule has 0 saturated carbocycles. The predicted molar refractivity (Wildman–Crippen MR) is 354 cm³/mol. The number of hydrogen-bond donors (Lipinski definition) is 0. The molecule has 0 fully saturated rings. The number of aromatic nitrogens is 2.